The quantitative estimate of drug-likeness (QED) is 0.792. The number of pyridine rings is 1. The van der Waals surface area contributed by atoms with Crippen molar-refractivity contribution in [2.45, 2.75) is 19.9 Å². The molecule has 1 heterocycles. The summed E-state index contributed by atoms with van der Waals surface area (Å²) in [6, 6.07) is 10.1. The van der Waals surface area contributed by atoms with Crippen LogP contribution in [0.3, 0.4) is 0 Å². The molecule has 2 rings (SSSR count). The van der Waals surface area contributed by atoms with Gasteiger partial charge in [-0.05, 0) is 43.2 Å². The van der Waals surface area contributed by atoms with Crippen molar-refractivity contribution in [1.29, 1.82) is 0 Å². The fourth-order valence-corrected chi connectivity index (χ4v) is 1.78. The van der Waals surface area contributed by atoms with Gasteiger partial charge in [0.2, 0.25) is 0 Å². The van der Waals surface area contributed by atoms with Crippen molar-refractivity contribution in [3.8, 4) is 0 Å². The zero-order valence-corrected chi connectivity index (χ0v) is 10.1. The van der Waals surface area contributed by atoms with Gasteiger partial charge in [0, 0.05) is 29.8 Å². The highest BCUT2D eigenvalue weighted by Crippen LogP contribution is 2.22. The Hall–Kier alpha value is -2.03. The number of anilines is 2. The van der Waals surface area contributed by atoms with Gasteiger partial charge in [0.15, 0.2) is 0 Å². The summed E-state index contributed by atoms with van der Waals surface area (Å²) >= 11 is 0. The molecule has 1 atom stereocenters. The Balaban J connectivity index is 2.17. The summed E-state index contributed by atoms with van der Waals surface area (Å²) in [5.41, 5.74) is 10.0. The van der Waals surface area contributed by atoms with Gasteiger partial charge >= 0.3 is 0 Å². The number of nitrogens with two attached hydrogens (primary N) is 1. The molecule has 17 heavy (non-hydrogen) atoms. The van der Waals surface area contributed by atoms with Gasteiger partial charge in [-0.2, -0.15) is 0 Å². The molecule has 0 saturated heterocycles. The molecule has 88 valence electrons. The minimum Gasteiger partial charge on any atom is -0.399 e. The highest BCUT2D eigenvalue weighted by molar-refractivity contribution is 5.51. The lowest BCUT2D eigenvalue weighted by molar-refractivity contribution is 0.882. The van der Waals surface area contributed by atoms with Crippen molar-refractivity contribution in [3.63, 3.8) is 0 Å². The van der Waals surface area contributed by atoms with Gasteiger partial charge in [-0.25, -0.2) is 0 Å². The summed E-state index contributed by atoms with van der Waals surface area (Å²) in [7, 11) is 0. The van der Waals surface area contributed by atoms with Crippen molar-refractivity contribution in [1.82, 2.24) is 4.98 Å². The number of hydrogen-bond acceptors (Lipinski definition) is 3. The molecule has 1 unspecified atom stereocenters. The fraction of sp³-hybridized carbons (Fsp3) is 0.214. The Morgan fingerprint density at radius 2 is 2.12 bits per heavy atom. The third-order valence-electron chi connectivity index (χ3n) is 2.80. The van der Waals surface area contributed by atoms with Crippen molar-refractivity contribution in [2.75, 3.05) is 11.1 Å². The molecule has 0 amide bonds. The van der Waals surface area contributed by atoms with Crippen LogP contribution in [0.5, 0.6) is 0 Å². The maximum absolute atomic E-state index is 5.78. The van der Waals surface area contributed by atoms with E-state index in [0.717, 1.165) is 16.9 Å². The molecule has 1 aromatic carbocycles. The van der Waals surface area contributed by atoms with Gasteiger partial charge in [0.25, 0.3) is 0 Å². The van der Waals surface area contributed by atoms with Crippen molar-refractivity contribution < 1.29 is 0 Å². The number of hydrogen-bond donors (Lipinski definition) is 2. The molecule has 0 aliphatic carbocycles. The molecule has 0 aliphatic rings. The molecule has 3 heteroatoms. The lowest BCUT2D eigenvalue weighted by Crippen LogP contribution is -2.08. The Bertz CT molecular complexity index is 508. The fourth-order valence-electron chi connectivity index (χ4n) is 1.78. The van der Waals surface area contributed by atoms with Crippen molar-refractivity contribution in [3.05, 3.63) is 53.9 Å². The van der Waals surface area contributed by atoms with Gasteiger partial charge in [-0.3, -0.25) is 4.98 Å². The lowest BCUT2D eigenvalue weighted by Gasteiger charge is -2.17. The van der Waals surface area contributed by atoms with Crippen LogP contribution in [0.4, 0.5) is 11.4 Å². The van der Waals surface area contributed by atoms with E-state index in [-0.39, 0.29) is 6.04 Å². The summed E-state index contributed by atoms with van der Waals surface area (Å²) < 4.78 is 0. The highest BCUT2D eigenvalue weighted by Gasteiger charge is 2.06. The molecule has 0 saturated carbocycles. The largest absolute Gasteiger partial charge is 0.399 e. The third kappa shape index (κ3) is 2.75. The van der Waals surface area contributed by atoms with E-state index in [9.17, 15) is 0 Å². The van der Waals surface area contributed by atoms with E-state index in [1.165, 1.54) is 5.56 Å². The second kappa shape index (κ2) is 4.87. The molecular formula is C14H17N3. The van der Waals surface area contributed by atoms with E-state index in [0.29, 0.717) is 0 Å². The van der Waals surface area contributed by atoms with Crippen molar-refractivity contribution >= 4 is 11.4 Å². The van der Waals surface area contributed by atoms with Crippen LogP contribution in [0.15, 0.2) is 42.7 Å². The van der Waals surface area contributed by atoms with Crippen LogP contribution in [-0.2, 0) is 0 Å². The average Bonchev–Trinajstić information content (AvgIpc) is 2.32. The van der Waals surface area contributed by atoms with Crippen LogP contribution in [0.2, 0.25) is 0 Å². The van der Waals surface area contributed by atoms with Gasteiger partial charge < -0.3 is 11.1 Å². The summed E-state index contributed by atoms with van der Waals surface area (Å²) in [6.07, 6.45) is 3.65. The van der Waals surface area contributed by atoms with Crippen LogP contribution in [0.1, 0.15) is 24.1 Å². The topological polar surface area (TPSA) is 50.9 Å². The first-order valence-corrected chi connectivity index (χ1v) is 5.69. The number of nitrogens with one attached hydrogen (secondary N) is 1. The third-order valence-corrected chi connectivity index (χ3v) is 2.80. The molecular weight excluding hydrogens is 210 g/mol. The molecule has 0 fully saturated rings. The van der Waals surface area contributed by atoms with Crippen LogP contribution in [0.25, 0.3) is 0 Å². The SMILES string of the molecule is Cc1cnccc1NC(C)c1cccc(N)c1. The summed E-state index contributed by atoms with van der Waals surface area (Å²) in [5.74, 6) is 0. The second-order valence-electron chi connectivity index (χ2n) is 4.23. The number of aryl methyl sites for hydroxylation is 1. The zero-order chi connectivity index (χ0) is 12.3. The van der Waals surface area contributed by atoms with Gasteiger partial charge in [0.05, 0.1) is 0 Å². The van der Waals surface area contributed by atoms with Crippen molar-refractivity contribution in [2.24, 2.45) is 0 Å². The molecule has 0 bridgehead atoms. The number of nitrogens with zero attached hydrogens (tertiary/aromatic N) is 1. The second-order valence-corrected chi connectivity index (χ2v) is 4.23. The number of benzene rings is 1. The summed E-state index contributed by atoms with van der Waals surface area (Å²) in [6.45, 7) is 4.16. The predicted octanol–water partition coefficient (Wildman–Crippen LogP) is 3.15. The standard InChI is InChI=1S/C14H17N3/c1-10-9-16-7-6-14(10)17-11(2)12-4-3-5-13(15)8-12/h3-9,11H,15H2,1-2H3,(H,16,17). The highest BCUT2D eigenvalue weighted by atomic mass is 14.9. The average molecular weight is 227 g/mol. The molecule has 2 aromatic rings. The molecule has 0 aliphatic heterocycles. The van der Waals surface area contributed by atoms with E-state index in [1.807, 2.05) is 37.4 Å². The first kappa shape index (κ1) is 11.5. The van der Waals surface area contributed by atoms with Gasteiger partial charge in [-0.1, -0.05) is 12.1 Å². The van der Waals surface area contributed by atoms with E-state index in [1.54, 1.807) is 6.20 Å². The molecule has 3 N–H and O–H groups in total. The van der Waals surface area contributed by atoms with Crippen LogP contribution in [0, 0.1) is 6.92 Å². The summed E-state index contributed by atoms with van der Waals surface area (Å²) in [4.78, 5) is 4.08. The van der Waals surface area contributed by atoms with E-state index >= 15 is 0 Å². The van der Waals surface area contributed by atoms with E-state index in [2.05, 4.69) is 23.3 Å². The maximum Gasteiger partial charge on any atom is 0.0486 e. The lowest BCUT2D eigenvalue weighted by atomic mass is 10.1. The van der Waals surface area contributed by atoms with Gasteiger partial charge in [-0.15, -0.1) is 0 Å². The monoisotopic (exact) mass is 227 g/mol. The van der Waals surface area contributed by atoms with Gasteiger partial charge in [0.1, 0.15) is 0 Å². The number of rotatable bonds is 3. The smallest absolute Gasteiger partial charge is 0.0486 e. The van der Waals surface area contributed by atoms with Crippen LogP contribution >= 0.6 is 0 Å². The molecule has 3 nitrogen and oxygen atoms in total. The summed E-state index contributed by atoms with van der Waals surface area (Å²) in [5, 5.41) is 3.46. The normalized spacial score (nSPS) is 12.1. The Labute approximate surface area is 102 Å². The van der Waals surface area contributed by atoms with E-state index < -0.39 is 0 Å². The Morgan fingerprint density at radius 1 is 1.29 bits per heavy atom. The predicted molar refractivity (Wildman–Crippen MR) is 71.9 cm³/mol. The number of nitrogen functional groups attached to an aromatic ring is 1. The Kier molecular flexibility index (Phi) is 3.28. The zero-order valence-electron chi connectivity index (χ0n) is 10.1. The molecule has 0 radical (unpaired) electrons. The van der Waals surface area contributed by atoms with E-state index in [4.69, 9.17) is 5.73 Å². The minimum absolute atomic E-state index is 0.222. The molecule has 1 aromatic heterocycles. The molecule has 0 spiro atoms. The number of aromatic nitrogens is 1. The van der Waals surface area contributed by atoms with Crippen LogP contribution in [-0.4, -0.2) is 4.98 Å². The maximum atomic E-state index is 5.78. The Morgan fingerprint density at radius 3 is 2.82 bits per heavy atom. The first-order chi connectivity index (χ1) is 8.16. The first-order valence-electron chi connectivity index (χ1n) is 5.69. The minimum atomic E-state index is 0.222. The van der Waals surface area contributed by atoms with Crippen LogP contribution < -0.4 is 11.1 Å².